The van der Waals surface area contributed by atoms with E-state index >= 15 is 0 Å². The summed E-state index contributed by atoms with van der Waals surface area (Å²) in [6.07, 6.45) is 0. The highest BCUT2D eigenvalue weighted by Crippen LogP contribution is 0.741. The van der Waals surface area contributed by atoms with E-state index in [1.165, 1.54) is 0 Å². The lowest BCUT2D eigenvalue weighted by Crippen LogP contribution is -1.29. The summed E-state index contributed by atoms with van der Waals surface area (Å²) in [7, 11) is 0. The van der Waals surface area contributed by atoms with E-state index in [4.69, 9.17) is 31.0 Å². The summed E-state index contributed by atoms with van der Waals surface area (Å²) in [5.41, 5.74) is 0. The third kappa shape index (κ3) is 249. The Kier molecular flexibility index (Phi) is 2980. The van der Waals surface area contributed by atoms with Gasteiger partial charge in [-0.15, -0.1) is 0 Å². The van der Waals surface area contributed by atoms with E-state index in [1.54, 1.807) is 0 Å². The molecule has 0 aromatic carbocycles. The summed E-state index contributed by atoms with van der Waals surface area (Å²) in [6, 6.07) is 0. The third-order valence-electron chi connectivity index (χ3n) is 0. The zero-order valence-electron chi connectivity index (χ0n) is 7.61. The van der Waals surface area contributed by atoms with Gasteiger partial charge in [0.15, 0.2) is 0 Å². The predicted molar refractivity (Wildman–Crippen MR) is 28.9 cm³/mol. The minimum absolute atomic E-state index is 0. The Balaban J connectivity index is -0.00000000129. The average Bonchev–Trinajstić information content (AvgIpc) is 1.81. The zero-order chi connectivity index (χ0) is 6.00. The van der Waals surface area contributed by atoms with Gasteiger partial charge in [0.25, 0.3) is 0 Å². The molecule has 0 bridgehead atoms. The lowest BCUT2D eigenvalue weighted by atomic mass is 15.0. The second kappa shape index (κ2) is 446. The molecule has 8 N–H and O–H groups in total. The van der Waals surface area contributed by atoms with Crippen molar-refractivity contribution in [3.8, 4) is 0 Å². The molecule has 0 unspecified atom stereocenters. The fourth-order valence-corrected chi connectivity index (χ4v) is 0. The number of hydrogen-bond donors (Lipinski definition) is 4. The van der Waals surface area contributed by atoms with Gasteiger partial charge in [-0.05, 0) is 0 Å². The van der Waals surface area contributed by atoms with Gasteiger partial charge in [0.2, 0.25) is 0 Å². The Hall–Kier alpha value is -0.640. The summed E-state index contributed by atoms with van der Waals surface area (Å²) < 4.78 is 0. The van der Waals surface area contributed by atoms with Crippen molar-refractivity contribution in [1.82, 2.24) is 0 Å². The molecule has 0 atom stereocenters. The Morgan fingerprint density at radius 1 is 0.750 bits per heavy atom. The van der Waals surface area contributed by atoms with Gasteiger partial charge in [-0.2, -0.15) is 0 Å². The molecule has 0 fully saturated rings. The normalized spacial score (nSPS) is 2.00. The first kappa shape index (κ1) is 53.5. The van der Waals surface area contributed by atoms with E-state index in [0.717, 1.165) is 0 Å². The van der Waals surface area contributed by atoms with Crippen LogP contribution < -0.4 is 0 Å². The molecular formula is H12O8+4. The largest absolute Gasteiger partial charge is 1.00 e. The fraction of sp³-hybridized carbons (Fsp3) is 0. The van der Waals surface area contributed by atoms with E-state index in [0.29, 0.717) is 0 Å². The molecule has 0 aliphatic carbocycles. The second-order valence-corrected chi connectivity index (χ2v) is 0. The first-order chi connectivity index (χ1) is 3.00. The summed E-state index contributed by atoms with van der Waals surface area (Å²) in [5.74, 6) is 0. The van der Waals surface area contributed by atoms with Crippen molar-refractivity contribution in [2.24, 2.45) is 0 Å². The van der Waals surface area contributed by atoms with Crippen LogP contribution in [0.15, 0.2) is 0 Å². The van der Waals surface area contributed by atoms with Gasteiger partial charge in [0.1, 0.15) is 0 Å². The highest BCUT2D eigenvalue weighted by molar-refractivity contribution is 4.07. The van der Waals surface area contributed by atoms with Gasteiger partial charge < -0.3 is 11.0 Å². The Morgan fingerprint density at radius 2 is 0.750 bits per heavy atom. The van der Waals surface area contributed by atoms with Crippen molar-refractivity contribution in [1.29, 1.82) is 0 Å². The molecule has 0 amide bonds. The van der Waals surface area contributed by atoms with Crippen LogP contribution in [-0.4, -0.2) is 32.0 Å². The fourth-order valence-electron chi connectivity index (χ4n) is 0. The predicted octanol–water partition coefficient (Wildman–Crippen LogP) is -1.10. The van der Waals surface area contributed by atoms with E-state index < -0.39 is 0 Å². The van der Waals surface area contributed by atoms with Crippen LogP contribution in [0.3, 0.4) is 0 Å². The lowest BCUT2D eigenvalue weighted by molar-refractivity contribution is -0.176. The standard InChI is InChI=1S/2H2O2.O2.2H2O/c3*1-2;;/h2*1-2H;;2*1H2/p+4. The molecule has 0 rings (SSSR count). The van der Waals surface area contributed by atoms with E-state index in [9.17, 15) is 0 Å². The van der Waals surface area contributed by atoms with Crippen molar-refractivity contribution in [3.05, 3.63) is 9.93 Å². The van der Waals surface area contributed by atoms with Gasteiger partial charge in [0.05, 0.1) is 0 Å². The zero-order valence-corrected chi connectivity index (χ0v) is 3.61. The van der Waals surface area contributed by atoms with Gasteiger partial charge in [-0.3, -0.25) is 21.0 Å². The molecule has 0 radical (unpaired) electrons. The van der Waals surface area contributed by atoms with Crippen LogP contribution in [0, 0.1) is 9.93 Å². The van der Waals surface area contributed by atoms with Gasteiger partial charge in [-0.25, -0.2) is 0 Å². The molecule has 0 aliphatic heterocycles. The highest BCUT2D eigenvalue weighted by Gasteiger charge is 0.748. The minimum atomic E-state index is 0. The Morgan fingerprint density at radius 3 is 0.750 bits per heavy atom. The number of hydrogen-bond acceptors (Lipinski definition) is 6. The van der Waals surface area contributed by atoms with E-state index in [2.05, 4.69) is 0 Å². The van der Waals surface area contributed by atoms with Gasteiger partial charge in [0, 0.05) is 9.93 Å². The van der Waals surface area contributed by atoms with Crippen molar-refractivity contribution in [3.63, 3.8) is 0 Å². The Labute approximate surface area is 49.3 Å². The van der Waals surface area contributed by atoms with Crippen LogP contribution in [0.2, 0.25) is 0 Å². The van der Waals surface area contributed by atoms with Crippen LogP contribution in [0.4, 0.5) is 0 Å². The summed E-state index contributed by atoms with van der Waals surface area (Å²) >= 11 is 0. The maximum Gasteiger partial charge on any atom is 1.00 e. The molecule has 56 valence electrons. The molecule has 0 aromatic heterocycles. The van der Waals surface area contributed by atoms with Crippen molar-refractivity contribution in [2.45, 2.75) is 0 Å². The minimum Gasteiger partial charge on any atom is -0.412 e. The second-order valence-electron chi connectivity index (χ2n) is 0. The van der Waals surface area contributed by atoms with E-state index in [-0.39, 0.29) is 16.7 Å². The van der Waals surface area contributed by atoms with Crippen LogP contribution in [0.25, 0.3) is 0 Å². The highest BCUT2D eigenvalue weighted by atomic mass is 17.0. The molecule has 8 nitrogen and oxygen atoms in total. The SMILES string of the molecule is O.O.O=O.OO.OO.[H+].[H+].[H+].[H+]. The average molecular weight is 140 g/mol. The van der Waals surface area contributed by atoms with Crippen LogP contribution >= 0.6 is 0 Å². The summed E-state index contributed by atoms with van der Waals surface area (Å²) in [4.78, 5) is 14.0. The molecule has 0 saturated carbocycles. The van der Waals surface area contributed by atoms with Gasteiger partial charge >= 0.3 is 5.71 Å². The third-order valence-corrected chi connectivity index (χ3v) is 0. The quantitative estimate of drug-likeness (QED) is 0.245. The molecule has 0 aliphatic rings. The van der Waals surface area contributed by atoms with Crippen LogP contribution in [0.1, 0.15) is 5.71 Å². The first-order valence-electron chi connectivity index (χ1n) is 0.567. The topological polar surface area (TPSA) is 178 Å². The van der Waals surface area contributed by atoms with E-state index in [1.807, 2.05) is 0 Å². The smallest absolute Gasteiger partial charge is 0.412 e. The Bertz CT molecular complexity index is 11.0. The summed E-state index contributed by atoms with van der Waals surface area (Å²) in [5, 5.41) is 24.0. The maximum atomic E-state index is 7.00. The first-order valence-corrected chi connectivity index (χ1v) is 0.567. The number of rotatable bonds is 0. The molecule has 8 heteroatoms. The molecule has 0 heterocycles. The molecule has 0 spiro atoms. The maximum absolute atomic E-state index is 7.00. The van der Waals surface area contributed by atoms with Crippen LogP contribution in [-0.2, 0) is 0 Å². The van der Waals surface area contributed by atoms with Crippen molar-refractivity contribution >= 4 is 0 Å². The lowest BCUT2D eigenvalue weighted by Gasteiger charge is -1.25. The summed E-state index contributed by atoms with van der Waals surface area (Å²) in [6.45, 7) is 0. The molecule has 8 heavy (non-hydrogen) atoms. The van der Waals surface area contributed by atoms with Crippen molar-refractivity contribution in [2.75, 3.05) is 0 Å². The molecular weight excluding hydrogens is 128 g/mol. The molecule has 0 aromatic rings. The molecule has 0 saturated heterocycles. The van der Waals surface area contributed by atoms with Crippen molar-refractivity contribution < 1.29 is 37.7 Å². The van der Waals surface area contributed by atoms with Gasteiger partial charge in [-0.1, -0.05) is 0 Å². The van der Waals surface area contributed by atoms with Crippen LogP contribution in [0.5, 0.6) is 0 Å². The monoisotopic (exact) mass is 140 g/mol.